The van der Waals surface area contributed by atoms with Gasteiger partial charge in [-0.25, -0.2) is 9.67 Å². The minimum atomic E-state index is -0.538. The maximum atomic E-state index is 12.5. The van der Waals surface area contributed by atoms with Gasteiger partial charge in [-0.05, 0) is 69.7 Å². The van der Waals surface area contributed by atoms with Gasteiger partial charge in [-0.3, -0.25) is 9.59 Å². The summed E-state index contributed by atoms with van der Waals surface area (Å²) in [4.78, 5) is 28.1. The minimum Gasteiger partial charge on any atom is -0.439 e. The van der Waals surface area contributed by atoms with Crippen LogP contribution in [0.25, 0.3) is 11.9 Å². The zero-order valence-corrected chi connectivity index (χ0v) is 20.6. The molecule has 0 bridgehead atoms. The fourth-order valence-electron chi connectivity index (χ4n) is 3.89. The molecule has 0 fully saturated rings. The van der Waals surface area contributed by atoms with Crippen LogP contribution in [0.1, 0.15) is 47.2 Å². The smallest absolute Gasteiger partial charge is 0.248 e. The van der Waals surface area contributed by atoms with Gasteiger partial charge in [-0.2, -0.15) is 5.10 Å². The Morgan fingerprint density at radius 3 is 2.61 bits per heavy atom. The van der Waals surface area contributed by atoms with E-state index in [1.54, 1.807) is 42.6 Å². The maximum Gasteiger partial charge on any atom is 0.248 e. The topological polar surface area (TPSA) is 117 Å². The molecule has 4 rings (SSSR count). The second-order valence-electron chi connectivity index (χ2n) is 8.59. The van der Waals surface area contributed by atoms with E-state index in [1.807, 2.05) is 30.7 Å². The highest BCUT2D eigenvalue weighted by atomic mass is 16.5. The number of nitrogens with one attached hydrogen (secondary N) is 1. The average molecular weight is 485 g/mol. The molecule has 3 N–H and O–H groups in total. The number of benzene rings is 1. The van der Waals surface area contributed by atoms with E-state index in [9.17, 15) is 9.59 Å². The van der Waals surface area contributed by atoms with Crippen LogP contribution >= 0.6 is 0 Å². The summed E-state index contributed by atoms with van der Waals surface area (Å²) in [5.41, 5.74) is 9.18. The molecule has 0 spiro atoms. The van der Waals surface area contributed by atoms with E-state index in [4.69, 9.17) is 10.5 Å². The van der Waals surface area contributed by atoms with Crippen LogP contribution in [0.15, 0.2) is 67.0 Å². The second-order valence-corrected chi connectivity index (χ2v) is 8.59. The first-order valence-electron chi connectivity index (χ1n) is 11.5. The number of carbonyl (C=O) groups is 2. The standard InChI is InChI=1S/C27H28N6O3/c1-17(2)33-26(12-13-30-33)32-18(3)14-20(19(32)4)8-10-24(34)31-22-9-11-25(29-16-22)36-23-7-5-6-21(15-23)27(28)35/h5-17H,1-4H3,(H2,28,35)(H,31,34)/b10-8+. The van der Waals surface area contributed by atoms with Gasteiger partial charge < -0.3 is 20.4 Å². The van der Waals surface area contributed by atoms with Gasteiger partial charge in [0.05, 0.1) is 18.1 Å². The third kappa shape index (κ3) is 5.35. The zero-order chi connectivity index (χ0) is 25.8. The molecule has 9 heteroatoms. The Hall–Kier alpha value is -4.66. The summed E-state index contributed by atoms with van der Waals surface area (Å²) in [6.45, 7) is 8.22. The van der Waals surface area contributed by atoms with Crippen LogP contribution in [0.2, 0.25) is 0 Å². The summed E-state index contributed by atoms with van der Waals surface area (Å²) >= 11 is 0. The van der Waals surface area contributed by atoms with Gasteiger partial charge in [0.2, 0.25) is 17.7 Å². The van der Waals surface area contributed by atoms with E-state index in [0.29, 0.717) is 22.9 Å². The lowest BCUT2D eigenvalue weighted by atomic mass is 10.2. The number of nitrogens with two attached hydrogens (primary N) is 1. The molecule has 0 aliphatic carbocycles. The molecule has 0 unspecified atom stereocenters. The first-order valence-corrected chi connectivity index (χ1v) is 11.5. The number of ether oxygens (including phenoxy) is 1. The molecule has 3 heterocycles. The van der Waals surface area contributed by atoms with Gasteiger partial charge in [0.1, 0.15) is 11.6 Å². The number of aromatic nitrogens is 4. The zero-order valence-electron chi connectivity index (χ0n) is 20.6. The van der Waals surface area contributed by atoms with Crippen LogP contribution in [0.3, 0.4) is 0 Å². The molecule has 0 radical (unpaired) electrons. The quantitative estimate of drug-likeness (QED) is 0.348. The van der Waals surface area contributed by atoms with Gasteiger partial charge in [-0.15, -0.1) is 0 Å². The number of rotatable bonds is 8. The van der Waals surface area contributed by atoms with E-state index >= 15 is 0 Å². The van der Waals surface area contributed by atoms with Gasteiger partial charge in [0.25, 0.3) is 0 Å². The van der Waals surface area contributed by atoms with Crippen molar-refractivity contribution in [2.75, 3.05) is 5.32 Å². The van der Waals surface area contributed by atoms with Gasteiger partial charge in [0, 0.05) is 41.2 Å². The van der Waals surface area contributed by atoms with Crippen LogP contribution in [0.4, 0.5) is 5.69 Å². The van der Waals surface area contributed by atoms with Crippen LogP contribution in [0, 0.1) is 13.8 Å². The predicted octanol–water partition coefficient (Wildman–Crippen LogP) is 4.81. The van der Waals surface area contributed by atoms with Crippen molar-refractivity contribution in [1.29, 1.82) is 0 Å². The lowest BCUT2D eigenvalue weighted by Gasteiger charge is -2.15. The minimum absolute atomic E-state index is 0.228. The number of anilines is 1. The molecule has 1 aromatic carbocycles. The Morgan fingerprint density at radius 2 is 1.92 bits per heavy atom. The number of amides is 2. The van der Waals surface area contributed by atoms with E-state index in [0.717, 1.165) is 22.8 Å². The largest absolute Gasteiger partial charge is 0.439 e. The molecule has 0 saturated heterocycles. The van der Waals surface area contributed by atoms with Crippen molar-refractivity contribution in [1.82, 2.24) is 19.3 Å². The Balaban J connectivity index is 1.42. The van der Waals surface area contributed by atoms with Crippen LogP contribution in [-0.4, -0.2) is 31.1 Å². The van der Waals surface area contributed by atoms with Gasteiger partial charge in [-0.1, -0.05) is 6.07 Å². The van der Waals surface area contributed by atoms with Crippen molar-refractivity contribution in [2.45, 2.75) is 33.7 Å². The highest BCUT2D eigenvalue weighted by Crippen LogP contribution is 2.24. The number of primary amides is 1. The Bertz CT molecular complexity index is 1430. The van der Waals surface area contributed by atoms with Crippen LogP contribution in [-0.2, 0) is 4.79 Å². The van der Waals surface area contributed by atoms with E-state index < -0.39 is 5.91 Å². The van der Waals surface area contributed by atoms with Gasteiger partial charge in [0.15, 0.2) is 0 Å². The summed E-state index contributed by atoms with van der Waals surface area (Å²) < 4.78 is 9.76. The average Bonchev–Trinajstić information content (AvgIpc) is 3.43. The van der Waals surface area contributed by atoms with E-state index in [-0.39, 0.29) is 11.9 Å². The molecule has 36 heavy (non-hydrogen) atoms. The fraction of sp³-hybridized carbons (Fsp3) is 0.185. The third-order valence-electron chi connectivity index (χ3n) is 5.60. The number of aryl methyl sites for hydroxylation is 1. The first kappa shape index (κ1) is 24.5. The number of hydrogen-bond acceptors (Lipinski definition) is 5. The molecule has 2 amide bonds. The fourth-order valence-corrected chi connectivity index (χ4v) is 3.89. The molecular weight excluding hydrogens is 456 g/mol. The van der Waals surface area contributed by atoms with Crippen molar-refractivity contribution < 1.29 is 14.3 Å². The van der Waals surface area contributed by atoms with Crippen molar-refractivity contribution in [3.63, 3.8) is 0 Å². The lowest BCUT2D eigenvalue weighted by Crippen LogP contribution is -2.11. The van der Waals surface area contributed by atoms with Crippen LogP contribution < -0.4 is 15.8 Å². The summed E-state index contributed by atoms with van der Waals surface area (Å²) in [6, 6.07) is 14.1. The summed E-state index contributed by atoms with van der Waals surface area (Å²) in [5.74, 6) is 0.921. The molecule has 184 valence electrons. The maximum absolute atomic E-state index is 12.5. The first-order chi connectivity index (χ1) is 17.2. The number of pyridine rings is 1. The highest BCUT2D eigenvalue weighted by Gasteiger charge is 2.14. The summed E-state index contributed by atoms with van der Waals surface area (Å²) in [5, 5.41) is 7.22. The molecule has 0 atom stereocenters. The van der Waals surface area contributed by atoms with Crippen molar-refractivity contribution >= 4 is 23.6 Å². The van der Waals surface area contributed by atoms with E-state index in [2.05, 4.69) is 33.8 Å². The number of nitrogens with zero attached hydrogens (tertiary/aromatic N) is 4. The monoisotopic (exact) mass is 484 g/mol. The molecule has 0 aliphatic heterocycles. The molecule has 9 nitrogen and oxygen atoms in total. The van der Waals surface area contributed by atoms with Crippen molar-refractivity contribution in [3.8, 4) is 17.4 Å². The summed E-state index contributed by atoms with van der Waals surface area (Å²) in [7, 11) is 0. The lowest BCUT2D eigenvalue weighted by molar-refractivity contribution is -0.111. The highest BCUT2D eigenvalue weighted by molar-refractivity contribution is 6.02. The molecular formula is C27H28N6O3. The molecule has 4 aromatic rings. The SMILES string of the molecule is Cc1cc(/C=C/C(=O)Nc2ccc(Oc3cccc(C(N)=O)c3)nc2)c(C)n1-c1ccnn1C(C)C. The van der Waals surface area contributed by atoms with Gasteiger partial charge >= 0.3 is 0 Å². The second kappa shape index (κ2) is 10.3. The Kier molecular flexibility index (Phi) is 7.00. The molecule has 0 saturated carbocycles. The predicted molar refractivity (Wildman–Crippen MR) is 138 cm³/mol. The number of hydrogen-bond donors (Lipinski definition) is 2. The van der Waals surface area contributed by atoms with Crippen molar-refractivity contribution in [2.24, 2.45) is 5.73 Å². The Morgan fingerprint density at radius 1 is 1.11 bits per heavy atom. The molecule has 3 aromatic heterocycles. The van der Waals surface area contributed by atoms with Crippen LogP contribution in [0.5, 0.6) is 11.6 Å². The van der Waals surface area contributed by atoms with E-state index in [1.165, 1.54) is 18.3 Å². The Labute approximate surface area is 209 Å². The normalized spacial score (nSPS) is 11.2. The number of carbonyl (C=O) groups excluding carboxylic acids is 2. The molecule has 0 aliphatic rings. The van der Waals surface area contributed by atoms with Crippen molar-refractivity contribution in [3.05, 3.63) is 89.5 Å². The summed E-state index contributed by atoms with van der Waals surface area (Å²) in [6.07, 6.45) is 6.57. The third-order valence-corrected chi connectivity index (χ3v) is 5.60.